The molecule has 1 aliphatic heterocycles. The van der Waals surface area contributed by atoms with E-state index in [-0.39, 0.29) is 18.7 Å². The second-order valence-electron chi connectivity index (χ2n) is 5.46. The van der Waals surface area contributed by atoms with Gasteiger partial charge >= 0.3 is 5.97 Å². The molecule has 0 bridgehead atoms. The van der Waals surface area contributed by atoms with E-state index in [1.165, 1.54) is 16.5 Å². The van der Waals surface area contributed by atoms with Crippen LogP contribution in [-0.2, 0) is 9.59 Å². The van der Waals surface area contributed by atoms with Gasteiger partial charge in [-0.15, -0.1) is 0 Å². The van der Waals surface area contributed by atoms with Crippen LogP contribution >= 0.6 is 0 Å². The maximum atomic E-state index is 11.9. The van der Waals surface area contributed by atoms with Crippen LogP contribution in [0.3, 0.4) is 0 Å². The summed E-state index contributed by atoms with van der Waals surface area (Å²) in [7, 11) is 0. The topological polar surface area (TPSA) is 73.4 Å². The fraction of sp³-hybridized carbons (Fsp3) is 0.294. The summed E-state index contributed by atoms with van der Waals surface area (Å²) in [6.45, 7) is 1.19. The number of amides is 1. The summed E-state index contributed by atoms with van der Waals surface area (Å²) in [5.41, 5.74) is 3.53. The zero-order valence-corrected chi connectivity index (χ0v) is 12.2. The van der Waals surface area contributed by atoms with Crippen molar-refractivity contribution >= 4 is 28.4 Å². The van der Waals surface area contributed by atoms with Gasteiger partial charge in [-0.25, -0.2) is 0 Å². The number of rotatable bonds is 4. The van der Waals surface area contributed by atoms with E-state index in [9.17, 15) is 9.59 Å². The van der Waals surface area contributed by atoms with Gasteiger partial charge in [0, 0.05) is 42.2 Å². The van der Waals surface area contributed by atoms with Crippen molar-refractivity contribution in [2.75, 3.05) is 13.1 Å². The summed E-state index contributed by atoms with van der Waals surface area (Å²) in [6.07, 6.45) is 4.84. The van der Waals surface area contributed by atoms with E-state index < -0.39 is 5.97 Å². The van der Waals surface area contributed by atoms with Crippen molar-refractivity contribution in [3.63, 3.8) is 0 Å². The van der Waals surface area contributed by atoms with E-state index in [4.69, 9.17) is 5.11 Å². The Bertz CT molecular complexity index is 745. The number of nitrogens with zero attached hydrogens (tertiary/aromatic N) is 1. The maximum absolute atomic E-state index is 11.9. The van der Waals surface area contributed by atoms with E-state index in [0.29, 0.717) is 13.1 Å². The lowest BCUT2D eigenvalue weighted by molar-refractivity contribution is -0.140. The number of aromatic amines is 1. The lowest BCUT2D eigenvalue weighted by Gasteiger charge is -2.26. The van der Waals surface area contributed by atoms with E-state index in [1.54, 1.807) is 4.90 Å². The van der Waals surface area contributed by atoms with Gasteiger partial charge in [0.2, 0.25) is 5.91 Å². The highest BCUT2D eigenvalue weighted by Crippen LogP contribution is 2.29. The molecule has 0 saturated carbocycles. The van der Waals surface area contributed by atoms with Crippen molar-refractivity contribution < 1.29 is 14.7 Å². The summed E-state index contributed by atoms with van der Waals surface area (Å²) in [6, 6.07) is 8.15. The molecule has 0 radical (unpaired) electrons. The van der Waals surface area contributed by atoms with E-state index >= 15 is 0 Å². The molecule has 0 saturated heterocycles. The fourth-order valence-electron chi connectivity index (χ4n) is 2.85. The first-order chi connectivity index (χ1) is 10.6. The van der Waals surface area contributed by atoms with Crippen molar-refractivity contribution in [2.24, 2.45) is 0 Å². The monoisotopic (exact) mass is 298 g/mol. The number of carboxylic acid groups (broad SMARTS) is 1. The molecule has 1 amide bonds. The van der Waals surface area contributed by atoms with Crippen LogP contribution in [0.1, 0.15) is 24.8 Å². The third-order valence-electron chi connectivity index (χ3n) is 4.05. The number of hydrogen-bond acceptors (Lipinski definition) is 2. The third-order valence-corrected chi connectivity index (χ3v) is 4.05. The number of carboxylic acids is 1. The Labute approximate surface area is 128 Å². The number of nitrogens with one attached hydrogen (secondary N) is 1. The molecule has 2 N–H and O–H groups in total. The molecule has 0 aliphatic carbocycles. The molecular formula is C17H18N2O3. The van der Waals surface area contributed by atoms with Crippen molar-refractivity contribution in [1.29, 1.82) is 0 Å². The van der Waals surface area contributed by atoms with Crippen LogP contribution in [0.2, 0.25) is 0 Å². The number of para-hydroxylation sites is 1. The molecule has 1 aromatic heterocycles. The van der Waals surface area contributed by atoms with Crippen LogP contribution in [0, 0.1) is 0 Å². The van der Waals surface area contributed by atoms with Crippen LogP contribution < -0.4 is 0 Å². The Kier molecular flexibility index (Phi) is 3.96. The highest BCUT2D eigenvalue weighted by molar-refractivity contribution is 5.93. The highest BCUT2D eigenvalue weighted by atomic mass is 16.4. The van der Waals surface area contributed by atoms with Crippen molar-refractivity contribution in [2.45, 2.75) is 19.3 Å². The molecule has 5 heteroatoms. The Balaban J connectivity index is 1.71. The van der Waals surface area contributed by atoms with Gasteiger partial charge in [0.25, 0.3) is 0 Å². The Morgan fingerprint density at radius 2 is 2.05 bits per heavy atom. The predicted molar refractivity (Wildman–Crippen MR) is 84.3 cm³/mol. The lowest BCUT2D eigenvalue weighted by atomic mass is 9.99. The van der Waals surface area contributed by atoms with E-state index in [0.717, 1.165) is 11.9 Å². The van der Waals surface area contributed by atoms with Gasteiger partial charge in [-0.05, 0) is 18.1 Å². The molecular weight excluding hydrogens is 280 g/mol. The van der Waals surface area contributed by atoms with Gasteiger partial charge in [0.1, 0.15) is 0 Å². The number of carbonyl (C=O) groups is 2. The number of benzene rings is 1. The van der Waals surface area contributed by atoms with Crippen molar-refractivity contribution in [3.05, 3.63) is 42.1 Å². The van der Waals surface area contributed by atoms with Gasteiger partial charge in [-0.2, -0.15) is 0 Å². The number of H-pyrrole nitrogens is 1. The standard InChI is InChI=1S/C17H18N2O3/c20-16(5-6-17(21)22)19-9-7-12(8-10-19)14-11-18-15-4-2-1-3-13(14)15/h1-4,7,11,18H,5-6,8-10H2,(H,21,22). The quantitative estimate of drug-likeness (QED) is 0.911. The van der Waals surface area contributed by atoms with Crippen LogP contribution in [0.25, 0.3) is 16.5 Å². The van der Waals surface area contributed by atoms with Gasteiger partial charge < -0.3 is 15.0 Å². The average molecular weight is 298 g/mol. The molecule has 1 aromatic carbocycles. The van der Waals surface area contributed by atoms with Crippen molar-refractivity contribution in [1.82, 2.24) is 9.88 Å². The first kappa shape index (κ1) is 14.4. The van der Waals surface area contributed by atoms with Gasteiger partial charge in [0.05, 0.1) is 6.42 Å². The summed E-state index contributed by atoms with van der Waals surface area (Å²) in [5, 5.41) is 9.84. The number of aliphatic carboxylic acids is 1. The molecule has 0 fully saturated rings. The van der Waals surface area contributed by atoms with Gasteiger partial charge in [-0.1, -0.05) is 24.3 Å². The fourth-order valence-corrected chi connectivity index (χ4v) is 2.85. The molecule has 114 valence electrons. The zero-order valence-electron chi connectivity index (χ0n) is 12.2. The van der Waals surface area contributed by atoms with Crippen LogP contribution in [-0.4, -0.2) is 40.0 Å². The maximum Gasteiger partial charge on any atom is 0.303 e. The Morgan fingerprint density at radius 3 is 2.77 bits per heavy atom. The smallest absolute Gasteiger partial charge is 0.303 e. The second-order valence-corrected chi connectivity index (χ2v) is 5.46. The van der Waals surface area contributed by atoms with Crippen LogP contribution in [0.15, 0.2) is 36.5 Å². The lowest BCUT2D eigenvalue weighted by Crippen LogP contribution is -2.34. The average Bonchev–Trinajstić information content (AvgIpc) is 2.97. The van der Waals surface area contributed by atoms with E-state index in [1.807, 2.05) is 24.4 Å². The normalized spacial score (nSPS) is 14.9. The first-order valence-corrected chi connectivity index (χ1v) is 7.40. The number of carbonyl (C=O) groups excluding carboxylic acids is 1. The molecule has 2 aromatic rings. The third kappa shape index (κ3) is 2.88. The summed E-state index contributed by atoms with van der Waals surface area (Å²) >= 11 is 0. The van der Waals surface area contributed by atoms with Gasteiger partial charge in [-0.3, -0.25) is 9.59 Å². The summed E-state index contributed by atoms with van der Waals surface area (Å²) in [5.74, 6) is -1.02. The number of fused-ring (bicyclic) bond motifs is 1. The minimum atomic E-state index is -0.930. The van der Waals surface area contributed by atoms with E-state index in [2.05, 4.69) is 17.1 Å². The molecule has 2 heterocycles. The molecule has 22 heavy (non-hydrogen) atoms. The number of aromatic nitrogens is 1. The Hall–Kier alpha value is -2.56. The van der Waals surface area contributed by atoms with Crippen LogP contribution in [0.5, 0.6) is 0 Å². The SMILES string of the molecule is O=C(O)CCC(=O)N1CC=C(c2c[nH]c3ccccc23)CC1. The predicted octanol–water partition coefficient (Wildman–Crippen LogP) is 2.65. The van der Waals surface area contributed by atoms with Gasteiger partial charge in [0.15, 0.2) is 0 Å². The number of hydrogen-bond donors (Lipinski definition) is 2. The van der Waals surface area contributed by atoms with Crippen molar-refractivity contribution in [3.8, 4) is 0 Å². The minimum Gasteiger partial charge on any atom is -0.481 e. The summed E-state index contributed by atoms with van der Waals surface area (Å²) in [4.78, 5) is 27.5. The molecule has 0 atom stereocenters. The summed E-state index contributed by atoms with van der Waals surface area (Å²) < 4.78 is 0. The highest BCUT2D eigenvalue weighted by Gasteiger charge is 2.19. The molecule has 1 aliphatic rings. The Morgan fingerprint density at radius 1 is 1.23 bits per heavy atom. The molecule has 3 rings (SSSR count). The first-order valence-electron chi connectivity index (χ1n) is 7.40. The largest absolute Gasteiger partial charge is 0.481 e. The second kappa shape index (κ2) is 6.05. The molecule has 5 nitrogen and oxygen atoms in total. The van der Waals surface area contributed by atoms with Crippen LogP contribution in [0.4, 0.5) is 0 Å². The minimum absolute atomic E-state index is 0.0750. The zero-order chi connectivity index (χ0) is 15.5. The molecule has 0 spiro atoms. The molecule has 0 unspecified atom stereocenters.